The van der Waals surface area contributed by atoms with Crippen LogP contribution in [0.3, 0.4) is 0 Å². The fraction of sp³-hybridized carbons (Fsp3) is 0.105. The van der Waals surface area contributed by atoms with Gasteiger partial charge in [-0.25, -0.2) is 4.98 Å². The lowest BCUT2D eigenvalue weighted by Crippen LogP contribution is -2.08. The Morgan fingerprint density at radius 1 is 0.880 bits per heavy atom. The lowest BCUT2D eigenvalue weighted by molar-refractivity contribution is 0.951. The number of halogens is 1. The third-order valence-corrected chi connectivity index (χ3v) is 4.27. The molecule has 0 aliphatic rings. The SMILES string of the molecule is CN(C)c1ccc(-c2ccnc3nc(-c4ccc(Cl)cc4)nn23)cc1. The largest absolute Gasteiger partial charge is 0.378 e. The average Bonchev–Trinajstić information content (AvgIpc) is 3.06. The van der Waals surface area contributed by atoms with Crippen molar-refractivity contribution >= 4 is 23.1 Å². The summed E-state index contributed by atoms with van der Waals surface area (Å²) in [7, 11) is 4.05. The number of benzene rings is 2. The van der Waals surface area contributed by atoms with Crippen molar-refractivity contribution in [3.63, 3.8) is 0 Å². The van der Waals surface area contributed by atoms with Crippen LogP contribution in [-0.2, 0) is 0 Å². The molecule has 5 nitrogen and oxygen atoms in total. The molecule has 0 aliphatic heterocycles. The lowest BCUT2D eigenvalue weighted by atomic mass is 10.1. The lowest BCUT2D eigenvalue weighted by Gasteiger charge is -2.12. The van der Waals surface area contributed by atoms with E-state index in [1.54, 1.807) is 10.7 Å². The first-order chi connectivity index (χ1) is 12.1. The van der Waals surface area contributed by atoms with E-state index in [0.717, 1.165) is 22.5 Å². The molecule has 0 saturated heterocycles. The molecular weight excluding hydrogens is 334 g/mol. The fourth-order valence-corrected chi connectivity index (χ4v) is 2.79. The van der Waals surface area contributed by atoms with Gasteiger partial charge in [-0.1, -0.05) is 23.7 Å². The van der Waals surface area contributed by atoms with Gasteiger partial charge in [0, 0.05) is 42.1 Å². The van der Waals surface area contributed by atoms with Crippen LogP contribution in [-0.4, -0.2) is 33.7 Å². The van der Waals surface area contributed by atoms with E-state index in [2.05, 4.69) is 44.2 Å². The number of hydrogen-bond acceptors (Lipinski definition) is 4. The molecule has 4 rings (SSSR count). The highest BCUT2D eigenvalue weighted by Crippen LogP contribution is 2.24. The van der Waals surface area contributed by atoms with Crippen molar-refractivity contribution in [1.29, 1.82) is 0 Å². The molecule has 0 saturated carbocycles. The first kappa shape index (κ1) is 15.6. The zero-order valence-electron chi connectivity index (χ0n) is 13.9. The first-order valence-corrected chi connectivity index (χ1v) is 8.25. The molecule has 0 spiro atoms. The Labute approximate surface area is 150 Å². The van der Waals surface area contributed by atoms with Gasteiger partial charge in [0.25, 0.3) is 5.78 Å². The van der Waals surface area contributed by atoms with Crippen molar-refractivity contribution in [1.82, 2.24) is 19.6 Å². The highest BCUT2D eigenvalue weighted by Gasteiger charge is 2.11. The predicted octanol–water partition coefficient (Wildman–Crippen LogP) is 4.18. The van der Waals surface area contributed by atoms with Crippen LogP contribution < -0.4 is 4.90 Å². The smallest absolute Gasteiger partial charge is 0.253 e. The molecule has 0 N–H and O–H groups in total. The van der Waals surface area contributed by atoms with Crippen LogP contribution in [0.5, 0.6) is 0 Å². The predicted molar refractivity (Wildman–Crippen MR) is 101 cm³/mol. The van der Waals surface area contributed by atoms with E-state index >= 15 is 0 Å². The molecule has 0 atom stereocenters. The van der Waals surface area contributed by atoms with E-state index in [1.807, 2.05) is 44.4 Å². The molecule has 2 aromatic heterocycles. The number of aromatic nitrogens is 4. The van der Waals surface area contributed by atoms with E-state index in [9.17, 15) is 0 Å². The maximum Gasteiger partial charge on any atom is 0.253 e. The van der Waals surface area contributed by atoms with E-state index in [-0.39, 0.29) is 0 Å². The number of fused-ring (bicyclic) bond motifs is 1. The third-order valence-electron chi connectivity index (χ3n) is 4.02. The van der Waals surface area contributed by atoms with Crippen LogP contribution in [0, 0.1) is 0 Å². The van der Waals surface area contributed by atoms with Crippen molar-refractivity contribution in [3.05, 3.63) is 65.8 Å². The fourth-order valence-electron chi connectivity index (χ4n) is 2.66. The van der Waals surface area contributed by atoms with Gasteiger partial charge in [-0.05, 0) is 42.5 Å². The monoisotopic (exact) mass is 349 g/mol. The molecular formula is C19H16ClN5. The van der Waals surface area contributed by atoms with Crippen LogP contribution in [0.15, 0.2) is 60.8 Å². The molecule has 0 unspecified atom stereocenters. The second-order valence-corrected chi connectivity index (χ2v) is 6.36. The minimum Gasteiger partial charge on any atom is -0.378 e. The molecule has 0 radical (unpaired) electrons. The maximum absolute atomic E-state index is 5.96. The van der Waals surface area contributed by atoms with E-state index in [0.29, 0.717) is 16.6 Å². The summed E-state index contributed by atoms with van der Waals surface area (Å²) in [4.78, 5) is 10.9. The van der Waals surface area contributed by atoms with Gasteiger partial charge in [0.05, 0.1) is 5.69 Å². The molecule has 25 heavy (non-hydrogen) atoms. The Morgan fingerprint density at radius 2 is 1.56 bits per heavy atom. The van der Waals surface area contributed by atoms with Crippen molar-refractivity contribution in [2.75, 3.05) is 19.0 Å². The minimum absolute atomic E-state index is 0.569. The van der Waals surface area contributed by atoms with E-state index < -0.39 is 0 Å². The normalized spacial score (nSPS) is 11.0. The van der Waals surface area contributed by atoms with E-state index in [1.165, 1.54) is 0 Å². The quantitative estimate of drug-likeness (QED) is 0.556. The molecule has 2 heterocycles. The number of nitrogens with zero attached hydrogens (tertiary/aromatic N) is 5. The van der Waals surface area contributed by atoms with Crippen LogP contribution >= 0.6 is 11.6 Å². The van der Waals surface area contributed by atoms with E-state index in [4.69, 9.17) is 11.6 Å². The number of rotatable bonds is 3. The van der Waals surface area contributed by atoms with Crippen LogP contribution in [0.2, 0.25) is 5.02 Å². The highest BCUT2D eigenvalue weighted by molar-refractivity contribution is 6.30. The Morgan fingerprint density at radius 3 is 2.24 bits per heavy atom. The Hall–Kier alpha value is -2.92. The molecule has 124 valence electrons. The van der Waals surface area contributed by atoms with Gasteiger partial charge < -0.3 is 4.90 Å². The molecule has 0 amide bonds. The number of hydrogen-bond donors (Lipinski definition) is 0. The minimum atomic E-state index is 0.569. The number of anilines is 1. The summed E-state index contributed by atoms with van der Waals surface area (Å²) in [6.07, 6.45) is 1.75. The Balaban J connectivity index is 1.81. The summed E-state index contributed by atoms with van der Waals surface area (Å²) in [6, 6.07) is 17.7. The van der Waals surface area contributed by atoms with Gasteiger partial charge >= 0.3 is 0 Å². The zero-order chi connectivity index (χ0) is 17.4. The molecule has 4 aromatic rings. The molecule has 0 bridgehead atoms. The summed E-state index contributed by atoms with van der Waals surface area (Å²) < 4.78 is 1.77. The standard InChI is InChI=1S/C19H16ClN5/c1-24(2)16-9-5-13(6-10-16)17-11-12-21-19-22-18(23-25(17)19)14-3-7-15(20)8-4-14/h3-12H,1-2H3. The van der Waals surface area contributed by atoms with Crippen molar-refractivity contribution < 1.29 is 0 Å². The zero-order valence-corrected chi connectivity index (χ0v) is 14.6. The van der Waals surface area contributed by atoms with Crippen molar-refractivity contribution in [2.24, 2.45) is 0 Å². The summed E-state index contributed by atoms with van der Waals surface area (Å²) in [5, 5.41) is 5.32. The Bertz CT molecular complexity index is 1020. The van der Waals surface area contributed by atoms with Crippen molar-refractivity contribution in [2.45, 2.75) is 0 Å². The molecule has 0 aliphatic carbocycles. The molecule has 2 aromatic carbocycles. The van der Waals surface area contributed by atoms with Crippen molar-refractivity contribution in [3.8, 4) is 22.6 Å². The topological polar surface area (TPSA) is 46.3 Å². The maximum atomic E-state index is 5.96. The summed E-state index contributed by atoms with van der Waals surface area (Å²) in [5.74, 6) is 1.20. The van der Waals surface area contributed by atoms with Gasteiger partial charge in [0.15, 0.2) is 5.82 Å². The summed E-state index contributed by atoms with van der Waals surface area (Å²) in [6.45, 7) is 0. The second kappa shape index (κ2) is 6.18. The van der Waals surface area contributed by atoms with Crippen LogP contribution in [0.25, 0.3) is 28.4 Å². The summed E-state index contributed by atoms with van der Waals surface area (Å²) >= 11 is 5.96. The molecule has 0 fully saturated rings. The average molecular weight is 350 g/mol. The second-order valence-electron chi connectivity index (χ2n) is 5.93. The first-order valence-electron chi connectivity index (χ1n) is 7.87. The van der Waals surface area contributed by atoms with Crippen LogP contribution in [0.4, 0.5) is 5.69 Å². The van der Waals surface area contributed by atoms with Crippen LogP contribution in [0.1, 0.15) is 0 Å². The molecule has 6 heteroatoms. The summed E-state index contributed by atoms with van der Waals surface area (Å²) in [5.41, 5.74) is 4.06. The third kappa shape index (κ3) is 2.94. The van der Waals surface area contributed by atoms with Gasteiger partial charge in [0.2, 0.25) is 0 Å². The van der Waals surface area contributed by atoms with Gasteiger partial charge in [-0.15, -0.1) is 5.10 Å². The van der Waals surface area contributed by atoms with Gasteiger partial charge in [-0.3, -0.25) is 0 Å². The highest BCUT2D eigenvalue weighted by atomic mass is 35.5. The van der Waals surface area contributed by atoms with Gasteiger partial charge in [-0.2, -0.15) is 9.50 Å². The Kier molecular flexibility index (Phi) is 3.86. The van der Waals surface area contributed by atoms with Gasteiger partial charge in [0.1, 0.15) is 0 Å².